The van der Waals surface area contributed by atoms with E-state index in [9.17, 15) is 18.0 Å². The van der Waals surface area contributed by atoms with Crippen molar-refractivity contribution in [3.05, 3.63) is 17.7 Å². The van der Waals surface area contributed by atoms with Crippen LogP contribution in [-0.2, 0) is 11.0 Å². The van der Waals surface area contributed by atoms with Crippen LogP contribution in [0.3, 0.4) is 0 Å². The van der Waals surface area contributed by atoms with Crippen LogP contribution in [0.5, 0.6) is 0 Å². The molecule has 0 radical (unpaired) electrons. The van der Waals surface area contributed by atoms with Crippen LogP contribution in [0, 0.1) is 0 Å². The molecule has 0 aromatic carbocycles. The molecule has 2 heterocycles. The van der Waals surface area contributed by atoms with Crippen LogP contribution in [0.25, 0.3) is 0 Å². The molecule has 1 fully saturated rings. The van der Waals surface area contributed by atoms with Gasteiger partial charge in [-0.1, -0.05) is 0 Å². The first-order chi connectivity index (χ1) is 9.79. The second-order valence-electron chi connectivity index (χ2n) is 5.03. The maximum atomic E-state index is 12.8. The van der Waals surface area contributed by atoms with Crippen LogP contribution in [0.1, 0.15) is 18.4 Å². The molecule has 0 aliphatic carbocycles. The summed E-state index contributed by atoms with van der Waals surface area (Å²) in [7, 11) is 3.19. The molecule has 21 heavy (non-hydrogen) atoms. The summed E-state index contributed by atoms with van der Waals surface area (Å²) < 4.78 is 38.5. The average molecular weight is 302 g/mol. The van der Waals surface area contributed by atoms with Gasteiger partial charge in [-0.25, -0.2) is 4.98 Å². The smallest absolute Gasteiger partial charge is 0.373 e. The highest BCUT2D eigenvalue weighted by molar-refractivity contribution is 5.77. The van der Waals surface area contributed by atoms with E-state index in [1.165, 1.54) is 7.05 Å². The number of aromatic nitrogens is 1. The predicted octanol–water partition coefficient (Wildman–Crippen LogP) is 2.17. The van der Waals surface area contributed by atoms with E-state index in [-0.39, 0.29) is 23.6 Å². The summed E-state index contributed by atoms with van der Waals surface area (Å²) in [6.45, 7) is 0.450. The zero-order valence-electron chi connectivity index (χ0n) is 11.8. The Kier molecular flexibility index (Phi) is 4.24. The van der Waals surface area contributed by atoms with E-state index in [1.807, 2.05) is 0 Å². The molecule has 1 amide bonds. The summed E-state index contributed by atoms with van der Waals surface area (Å²) in [5.74, 6) is 0.343. The average Bonchev–Trinajstić information content (AvgIpc) is 2.41. The molecule has 5 nitrogen and oxygen atoms in total. The second-order valence-corrected chi connectivity index (χ2v) is 5.03. The Morgan fingerprint density at radius 2 is 2.00 bits per heavy atom. The first kappa shape index (κ1) is 15.4. The predicted molar refractivity (Wildman–Crippen MR) is 73.1 cm³/mol. The third-order valence-corrected chi connectivity index (χ3v) is 3.39. The molecule has 116 valence electrons. The Hall–Kier alpha value is -1.99. The number of hydrogen-bond donors (Lipinski definition) is 2. The lowest BCUT2D eigenvalue weighted by atomic mass is 10.1. The van der Waals surface area contributed by atoms with Crippen LogP contribution < -0.4 is 10.6 Å². The molecule has 1 atom stereocenters. The van der Waals surface area contributed by atoms with Crippen molar-refractivity contribution in [3.8, 4) is 0 Å². The third-order valence-electron chi connectivity index (χ3n) is 3.39. The number of alkyl halides is 3. The first-order valence-corrected chi connectivity index (χ1v) is 6.57. The number of hydrogen-bond acceptors (Lipinski definition) is 4. The molecular weight excluding hydrogens is 285 g/mol. The Morgan fingerprint density at radius 1 is 1.33 bits per heavy atom. The summed E-state index contributed by atoms with van der Waals surface area (Å²) in [5.41, 5.74) is -0.760. The number of carbonyl (C=O) groups is 1. The number of nitrogens with zero attached hydrogens (tertiary/aromatic N) is 2. The number of nitrogens with one attached hydrogen (secondary N) is 2. The number of likely N-dealkylation sites (N-methyl/N-ethyl adjacent to an activating group) is 1. The van der Waals surface area contributed by atoms with E-state index in [2.05, 4.69) is 15.6 Å². The number of anilines is 2. The van der Waals surface area contributed by atoms with Gasteiger partial charge in [0, 0.05) is 33.1 Å². The molecule has 1 aromatic rings. The van der Waals surface area contributed by atoms with Gasteiger partial charge in [0.05, 0.1) is 5.56 Å². The molecule has 1 unspecified atom stereocenters. The number of pyridine rings is 1. The fourth-order valence-electron chi connectivity index (χ4n) is 2.24. The molecule has 2 rings (SSSR count). The quantitative estimate of drug-likeness (QED) is 0.898. The molecule has 1 aromatic heterocycles. The van der Waals surface area contributed by atoms with Crippen molar-refractivity contribution in [2.75, 3.05) is 31.3 Å². The summed E-state index contributed by atoms with van der Waals surface area (Å²) in [4.78, 5) is 17.0. The highest BCUT2D eigenvalue weighted by Crippen LogP contribution is 2.32. The van der Waals surface area contributed by atoms with Crippen molar-refractivity contribution >= 4 is 17.5 Å². The van der Waals surface area contributed by atoms with Crippen molar-refractivity contribution in [2.24, 2.45) is 0 Å². The van der Waals surface area contributed by atoms with Gasteiger partial charge in [0.1, 0.15) is 11.6 Å². The zero-order chi connectivity index (χ0) is 15.6. The molecule has 1 aliphatic rings. The monoisotopic (exact) mass is 302 g/mol. The molecule has 0 saturated carbocycles. The minimum Gasteiger partial charge on any atom is -0.373 e. The Bertz CT molecular complexity index is 533. The van der Waals surface area contributed by atoms with Crippen molar-refractivity contribution in [1.29, 1.82) is 0 Å². The fraction of sp³-hybridized carbons (Fsp3) is 0.538. The normalized spacial score (nSPS) is 19.6. The van der Waals surface area contributed by atoms with E-state index < -0.39 is 11.7 Å². The van der Waals surface area contributed by atoms with Gasteiger partial charge in [0.2, 0.25) is 5.91 Å². The zero-order valence-corrected chi connectivity index (χ0v) is 11.8. The van der Waals surface area contributed by atoms with Gasteiger partial charge >= 0.3 is 6.18 Å². The summed E-state index contributed by atoms with van der Waals surface area (Å²) in [6.07, 6.45) is -3.47. The highest BCUT2D eigenvalue weighted by Gasteiger charge is 2.32. The van der Waals surface area contributed by atoms with Crippen molar-refractivity contribution in [3.63, 3.8) is 0 Å². The summed E-state index contributed by atoms with van der Waals surface area (Å²) in [6, 6.07) is 1.84. The number of carbonyl (C=O) groups excluding carboxylic acids is 1. The van der Waals surface area contributed by atoms with Gasteiger partial charge in [-0.3, -0.25) is 4.79 Å². The minimum absolute atomic E-state index is 0.0426. The molecule has 1 saturated heterocycles. The Balaban J connectivity index is 2.18. The van der Waals surface area contributed by atoms with Gasteiger partial charge in [-0.15, -0.1) is 0 Å². The molecule has 1 aliphatic heterocycles. The fourth-order valence-corrected chi connectivity index (χ4v) is 2.24. The van der Waals surface area contributed by atoms with Gasteiger partial charge in [0.25, 0.3) is 0 Å². The van der Waals surface area contributed by atoms with E-state index >= 15 is 0 Å². The Labute approximate surface area is 120 Å². The standard InChI is InChI=1S/C13H17F3N4O/c1-17-10-5-8(13(14,15)16)6-11(19-10)18-9-3-4-12(21)20(2)7-9/h5-6,9H,3-4,7H2,1-2H3,(H2,17,18,19). The number of rotatable bonds is 3. The van der Waals surface area contributed by atoms with Crippen molar-refractivity contribution in [1.82, 2.24) is 9.88 Å². The van der Waals surface area contributed by atoms with Crippen LogP contribution >= 0.6 is 0 Å². The lowest BCUT2D eigenvalue weighted by Crippen LogP contribution is -2.43. The molecular formula is C13H17F3N4O. The Morgan fingerprint density at radius 3 is 2.57 bits per heavy atom. The lowest BCUT2D eigenvalue weighted by molar-refractivity contribution is -0.137. The van der Waals surface area contributed by atoms with Gasteiger partial charge in [-0.05, 0) is 18.6 Å². The molecule has 2 N–H and O–H groups in total. The largest absolute Gasteiger partial charge is 0.416 e. The van der Waals surface area contributed by atoms with Gasteiger partial charge in [0.15, 0.2) is 0 Å². The van der Waals surface area contributed by atoms with Crippen molar-refractivity contribution < 1.29 is 18.0 Å². The van der Waals surface area contributed by atoms with Crippen LogP contribution in [-0.4, -0.2) is 42.5 Å². The highest BCUT2D eigenvalue weighted by atomic mass is 19.4. The topological polar surface area (TPSA) is 57.3 Å². The number of halogens is 3. The van der Waals surface area contributed by atoms with E-state index in [0.29, 0.717) is 19.4 Å². The minimum atomic E-state index is -4.43. The first-order valence-electron chi connectivity index (χ1n) is 6.57. The SMILES string of the molecule is CNc1cc(C(F)(F)F)cc(NC2CCC(=O)N(C)C2)n1. The maximum Gasteiger partial charge on any atom is 0.416 e. The van der Waals surface area contributed by atoms with Gasteiger partial charge < -0.3 is 15.5 Å². The van der Waals surface area contributed by atoms with Crippen LogP contribution in [0.2, 0.25) is 0 Å². The molecule has 0 spiro atoms. The molecule has 8 heteroatoms. The van der Waals surface area contributed by atoms with Crippen LogP contribution in [0.4, 0.5) is 24.8 Å². The van der Waals surface area contributed by atoms with Crippen molar-refractivity contribution in [2.45, 2.75) is 25.1 Å². The van der Waals surface area contributed by atoms with E-state index in [4.69, 9.17) is 0 Å². The summed E-state index contributed by atoms with van der Waals surface area (Å²) in [5, 5.41) is 5.59. The summed E-state index contributed by atoms with van der Waals surface area (Å²) >= 11 is 0. The second kappa shape index (κ2) is 5.79. The van der Waals surface area contributed by atoms with Crippen LogP contribution in [0.15, 0.2) is 12.1 Å². The molecule has 0 bridgehead atoms. The third kappa shape index (κ3) is 3.77. The van der Waals surface area contributed by atoms with E-state index in [0.717, 1.165) is 12.1 Å². The van der Waals surface area contributed by atoms with E-state index in [1.54, 1.807) is 11.9 Å². The number of likely N-dealkylation sites (tertiary alicyclic amines) is 1. The van der Waals surface area contributed by atoms with Gasteiger partial charge in [-0.2, -0.15) is 13.2 Å². The lowest BCUT2D eigenvalue weighted by Gasteiger charge is -2.30. The number of amides is 1. The maximum absolute atomic E-state index is 12.8. The number of piperidine rings is 1.